The van der Waals surface area contributed by atoms with Gasteiger partial charge in [-0.2, -0.15) is 4.98 Å². The predicted octanol–water partition coefficient (Wildman–Crippen LogP) is 2.51. The number of fused-ring (bicyclic) bond motifs is 2. The third-order valence-corrected chi connectivity index (χ3v) is 6.96. The number of piperidine rings is 1. The summed E-state index contributed by atoms with van der Waals surface area (Å²) >= 11 is 6.19. The molecular formula is C21H19ClFN7O2. The van der Waals surface area contributed by atoms with Crippen LogP contribution in [0.1, 0.15) is 23.2 Å². The second-order valence-corrected chi connectivity index (χ2v) is 8.97. The van der Waals surface area contributed by atoms with Gasteiger partial charge in [-0.15, -0.1) is 0 Å². The fourth-order valence-electron chi connectivity index (χ4n) is 4.78. The van der Waals surface area contributed by atoms with Crippen molar-refractivity contribution in [2.45, 2.75) is 19.4 Å². The number of imidazole rings is 1. The average molecular weight is 456 g/mol. The Kier molecular flexibility index (Phi) is 4.16. The summed E-state index contributed by atoms with van der Waals surface area (Å²) in [6, 6.07) is 3.17. The molecular weight excluding hydrogens is 437 g/mol. The van der Waals surface area contributed by atoms with Gasteiger partial charge < -0.3 is 14.0 Å². The molecule has 164 valence electrons. The van der Waals surface area contributed by atoms with Crippen LogP contribution in [0.15, 0.2) is 34.1 Å². The first-order valence-corrected chi connectivity index (χ1v) is 10.7. The van der Waals surface area contributed by atoms with Crippen LogP contribution in [0.5, 0.6) is 0 Å². The van der Waals surface area contributed by atoms with E-state index >= 15 is 0 Å². The van der Waals surface area contributed by atoms with Crippen LogP contribution < -0.4 is 10.5 Å². The minimum atomic E-state index is -0.254. The third kappa shape index (κ3) is 2.93. The van der Waals surface area contributed by atoms with E-state index in [1.807, 2.05) is 4.90 Å². The van der Waals surface area contributed by atoms with Crippen LogP contribution in [0.4, 0.5) is 10.1 Å². The zero-order valence-corrected chi connectivity index (χ0v) is 18.1. The predicted molar refractivity (Wildman–Crippen MR) is 114 cm³/mol. The lowest BCUT2D eigenvalue weighted by Gasteiger charge is -2.22. The molecule has 9 nitrogen and oxygen atoms in total. The van der Waals surface area contributed by atoms with Crippen molar-refractivity contribution in [1.82, 2.24) is 29.2 Å². The lowest BCUT2D eigenvalue weighted by atomic mass is 10.2. The summed E-state index contributed by atoms with van der Waals surface area (Å²) in [4.78, 5) is 27.5. The molecule has 11 heteroatoms. The van der Waals surface area contributed by atoms with E-state index in [2.05, 4.69) is 20.1 Å². The number of nitrogens with zero attached hydrogens (tertiary/aromatic N) is 7. The Bertz CT molecular complexity index is 1420. The zero-order valence-electron chi connectivity index (χ0n) is 17.4. The van der Waals surface area contributed by atoms with E-state index in [1.54, 1.807) is 30.9 Å². The number of aromatic nitrogens is 6. The topological polar surface area (TPSA) is 94.9 Å². The van der Waals surface area contributed by atoms with E-state index in [4.69, 9.17) is 16.1 Å². The molecule has 1 aromatic carbocycles. The fourth-order valence-corrected chi connectivity index (χ4v) is 4.94. The van der Waals surface area contributed by atoms with Gasteiger partial charge in [0.25, 0.3) is 5.56 Å². The van der Waals surface area contributed by atoms with Crippen molar-refractivity contribution in [3.63, 3.8) is 0 Å². The largest absolute Gasteiger partial charge is 0.369 e. The van der Waals surface area contributed by atoms with Crippen LogP contribution in [-0.2, 0) is 13.6 Å². The Hall–Kier alpha value is -3.27. The molecule has 1 aliphatic heterocycles. The van der Waals surface area contributed by atoms with Gasteiger partial charge in [-0.25, -0.2) is 14.4 Å². The molecule has 32 heavy (non-hydrogen) atoms. The Morgan fingerprint density at radius 2 is 1.97 bits per heavy atom. The molecule has 4 heterocycles. The van der Waals surface area contributed by atoms with Crippen molar-refractivity contribution < 1.29 is 8.91 Å². The van der Waals surface area contributed by atoms with Crippen molar-refractivity contribution in [3.05, 3.63) is 63.3 Å². The molecule has 1 saturated carbocycles. The molecule has 4 aromatic rings. The molecule has 1 unspecified atom stereocenters. The third-order valence-electron chi connectivity index (χ3n) is 6.55. The lowest BCUT2D eigenvalue weighted by molar-refractivity contribution is 0.363. The van der Waals surface area contributed by atoms with E-state index in [9.17, 15) is 9.18 Å². The highest BCUT2D eigenvalue weighted by Gasteiger charge is 2.58. The molecule has 0 amide bonds. The van der Waals surface area contributed by atoms with Crippen LogP contribution in [0.25, 0.3) is 11.2 Å². The molecule has 3 aromatic heterocycles. The van der Waals surface area contributed by atoms with Gasteiger partial charge in [-0.1, -0.05) is 16.8 Å². The summed E-state index contributed by atoms with van der Waals surface area (Å²) in [5.74, 6) is 1.60. The van der Waals surface area contributed by atoms with Gasteiger partial charge in [-0.05, 0) is 36.5 Å². The van der Waals surface area contributed by atoms with E-state index in [0.717, 1.165) is 18.7 Å². The molecule has 2 aliphatic rings. The molecule has 1 aliphatic carbocycles. The van der Waals surface area contributed by atoms with Crippen molar-refractivity contribution in [3.8, 4) is 0 Å². The fraction of sp³-hybridized carbons (Fsp3) is 0.381. The summed E-state index contributed by atoms with van der Waals surface area (Å²) in [5, 5.41) is 4.71. The Morgan fingerprint density at radius 1 is 1.22 bits per heavy atom. The highest BCUT2D eigenvalue weighted by atomic mass is 35.5. The number of benzene rings is 1. The molecule has 0 bridgehead atoms. The van der Waals surface area contributed by atoms with Gasteiger partial charge in [0.1, 0.15) is 18.7 Å². The smallest absolute Gasteiger partial charge is 0.280 e. The number of rotatable bonds is 4. The molecule has 0 spiro atoms. The summed E-state index contributed by atoms with van der Waals surface area (Å²) in [7, 11) is 1.75. The number of halogens is 2. The van der Waals surface area contributed by atoms with E-state index in [1.165, 1.54) is 17.0 Å². The normalized spacial score (nSPS) is 22.0. The van der Waals surface area contributed by atoms with Gasteiger partial charge in [-0.3, -0.25) is 9.36 Å². The average Bonchev–Trinajstić information content (AvgIpc) is 3.18. The Morgan fingerprint density at radius 3 is 2.75 bits per heavy atom. The van der Waals surface area contributed by atoms with Crippen LogP contribution in [0.3, 0.4) is 0 Å². The van der Waals surface area contributed by atoms with Crippen molar-refractivity contribution in [2.24, 2.45) is 18.9 Å². The van der Waals surface area contributed by atoms with Gasteiger partial charge in [0.2, 0.25) is 5.89 Å². The number of hydrogen-bond acceptors (Lipinski definition) is 7. The maximum atomic E-state index is 14.4. The second-order valence-electron chi connectivity index (χ2n) is 8.56. The quantitative estimate of drug-likeness (QED) is 0.466. The second kappa shape index (κ2) is 6.86. The van der Waals surface area contributed by atoms with Crippen LogP contribution in [0, 0.1) is 24.6 Å². The molecule has 2 fully saturated rings. The van der Waals surface area contributed by atoms with Crippen molar-refractivity contribution in [1.29, 1.82) is 0 Å². The first-order valence-electron chi connectivity index (χ1n) is 10.3. The summed E-state index contributed by atoms with van der Waals surface area (Å²) < 4.78 is 22.9. The van der Waals surface area contributed by atoms with Crippen LogP contribution >= 0.6 is 11.6 Å². The van der Waals surface area contributed by atoms with E-state index in [-0.39, 0.29) is 23.8 Å². The standard InChI is InChI=1S/C21H19ClFN7O2/c1-10-3-14(23)15(4-13(10)22)29-5-11-12(6-29)17(11)19-26-16(32-27-19)7-30-9-25-20-18(21(30)31)28(2)8-24-20/h3-4,8-9,11-12,17H,5-7H2,1-2H3/t11-,12+,17?. The number of anilines is 1. The van der Waals surface area contributed by atoms with Crippen LogP contribution in [0.2, 0.25) is 5.02 Å². The summed E-state index contributed by atoms with van der Waals surface area (Å²) in [5.41, 5.74) is 1.88. The molecule has 0 radical (unpaired) electrons. The van der Waals surface area contributed by atoms with Crippen molar-refractivity contribution >= 4 is 28.5 Å². The summed E-state index contributed by atoms with van der Waals surface area (Å²) in [6.07, 6.45) is 2.99. The first kappa shape index (κ1) is 19.4. The molecule has 0 N–H and O–H groups in total. The van der Waals surface area contributed by atoms with Gasteiger partial charge in [0, 0.05) is 31.1 Å². The van der Waals surface area contributed by atoms with E-state index in [0.29, 0.717) is 45.4 Å². The number of hydrogen-bond donors (Lipinski definition) is 0. The molecule has 1 saturated heterocycles. The highest BCUT2D eigenvalue weighted by molar-refractivity contribution is 6.31. The molecule has 3 atom stereocenters. The minimum absolute atomic E-state index is 0.140. The minimum Gasteiger partial charge on any atom is -0.369 e. The van der Waals surface area contributed by atoms with Gasteiger partial charge in [0.05, 0.1) is 12.0 Å². The Balaban J connectivity index is 1.17. The van der Waals surface area contributed by atoms with Gasteiger partial charge >= 0.3 is 0 Å². The SMILES string of the molecule is Cc1cc(F)c(N2C[C@@H]3C(c4noc(Cn5cnc6ncn(C)c6c5=O)n4)[C@@H]3C2)cc1Cl. The molecule has 6 rings (SSSR count). The number of aryl methyl sites for hydroxylation is 2. The highest BCUT2D eigenvalue weighted by Crippen LogP contribution is 2.58. The van der Waals surface area contributed by atoms with Gasteiger partial charge in [0.15, 0.2) is 17.0 Å². The van der Waals surface area contributed by atoms with Crippen LogP contribution in [-0.4, -0.2) is 42.3 Å². The maximum Gasteiger partial charge on any atom is 0.280 e. The maximum absolute atomic E-state index is 14.4. The van der Waals surface area contributed by atoms with E-state index < -0.39 is 0 Å². The Labute approximate surface area is 186 Å². The van der Waals surface area contributed by atoms with Crippen molar-refractivity contribution in [2.75, 3.05) is 18.0 Å². The zero-order chi connectivity index (χ0) is 22.1. The summed E-state index contributed by atoms with van der Waals surface area (Å²) in [6.45, 7) is 3.37. The lowest BCUT2D eigenvalue weighted by Crippen LogP contribution is -2.25. The first-order chi connectivity index (χ1) is 15.4. The monoisotopic (exact) mass is 455 g/mol.